The number of halogens is 2. The minimum Gasteiger partial charge on any atom is -0.316 e. The summed E-state index contributed by atoms with van der Waals surface area (Å²) in [4.78, 5) is 0. The maximum atomic E-state index is 13.0. The Morgan fingerprint density at radius 1 is 1.60 bits per heavy atom. The van der Waals surface area contributed by atoms with Crippen molar-refractivity contribution in [3.8, 4) is 0 Å². The van der Waals surface area contributed by atoms with Gasteiger partial charge in [0.2, 0.25) is 0 Å². The average Bonchev–Trinajstić information content (AvgIpc) is 2.23. The van der Waals surface area contributed by atoms with E-state index in [0.29, 0.717) is 10.5 Å². The lowest BCUT2D eigenvalue weighted by molar-refractivity contribution is 0.564. The highest BCUT2D eigenvalue weighted by atomic mass is 79.9. The molecule has 0 aromatic heterocycles. The first-order valence-electron chi connectivity index (χ1n) is 4.89. The van der Waals surface area contributed by atoms with Gasteiger partial charge in [0.05, 0.1) is 4.47 Å². The van der Waals surface area contributed by atoms with E-state index in [1.807, 2.05) is 25.3 Å². The summed E-state index contributed by atoms with van der Waals surface area (Å²) in [6, 6.07) is 5.48. The summed E-state index contributed by atoms with van der Waals surface area (Å²) >= 11 is 3.18. The van der Waals surface area contributed by atoms with Crippen LogP contribution in [0.2, 0.25) is 0 Å². The lowest BCUT2D eigenvalue weighted by Gasteiger charge is -2.14. The largest absolute Gasteiger partial charge is 0.316 e. The lowest BCUT2D eigenvalue weighted by Crippen LogP contribution is -2.26. The molecule has 0 aliphatic carbocycles. The molecule has 1 nitrogen and oxygen atoms in total. The number of hydrogen-bond donors (Lipinski definition) is 1. The summed E-state index contributed by atoms with van der Waals surface area (Å²) in [5.74, 6) is -0.219. The molecule has 0 amide bonds. The highest BCUT2D eigenvalue weighted by Crippen LogP contribution is 2.18. The molecule has 0 saturated carbocycles. The van der Waals surface area contributed by atoms with Crippen LogP contribution in [0.5, 0.6) is 0 Å². The Morgan fingerprint density at radius 2 is 2.33 bits per heavy atom. The molecule has 0 aliphatic rings. The monoisotopic (exact) mass is 271 g/mol. The molecule has 0 saturated heterocycles. The summed E-state index contributed by atoms with van der Waals surface area (Å²) < 4.78 is 13.5. The van der Waals surface area contributed by atoms with E-state index in [1.54, 1.807) is 0 Å². The van der Waals surface area contributed by atoms with Crippen LogP contribution >= 0.6 is 15.9 Å². The molecule has 0 heterocycles. The second-order valence-corrected chi connectivity index (χ2v) is 4.32. The van der Waals surface area contributed by atoms with E-state index in [9.17, 15) is 4.39 Å². The molecule has 0 bridgehead atoms. The van der Waals surface area contributed by atoms with Crippen molar-refractivity contribution in [2.45, 2.75) is 18.9 Å². The Hall–Kier alpha value is -0.670. The molecule has 0 radical (unpaired) electrons. The average molecular weight is 272 g/mol. The highest BCUT2D eigenvalue weighted by Gasteiger charge is 2.06. The molecule has 0 aliphatic heterocycles. The summed E-state index contributed by atoms with van der Waals surface area (Å²) in [5, 5.41) is 3.21. The van der Waals surface area contributed by atoms with Crippen LogP contribution in [-0.4, -0.2) is 13.1 Å². The molecule has 82 valence electrons. The number of nitrogens with one attached hydrogen (secondary N) is 1. The van der Waals surface area contributed by atoms with Crippen LogP contribution in [0, 0.1) is 5.82 Å². The fourth-order valence-electron chi connectivity index (χ4n) is 1.46. The van der Waals surface area contributed by atoms with Crippen molar-refractivity contribution >= 4 is 15.9 Å². The predicted octanol–water partition coefficient (Wildman–Crippen LogP) is 3.29. The Balaban J connectivity index is 2.70. The van der Waals surface area contributed by atoms with E-state index in [4.69, 9.17) is 0 Å². The summed E-state index contributed by atoms with van der Waals surface area (Å²) in [5.41, 5.74) is 1.12. The summed E-state index contributed by atoms with van der Waals surface area (Å²) in [6.45, 7) is 3.71. The van der Waals surface area contributed by atoms with Crippen molar-refractivity contribution < 1.29 is 4.39 Å². The highest BCUT2D eigenvalue weighted by molar-refractivity contribution is 9.10. The van der Waals surface area contributed by atoms with Crippen LogP contribution in [0.3, 0.4) is 0 Å². The Labute approximate surface area is 98.5 Å². The molecule has 1 N–H and O–H groups in total. The first-order valence-corrected chi connectivity index (χ1v) is 5.68. The predicted molar refractivity (Wildman–Crippen MR) is 65.5 cm³/mol. The van der Waals surface area contributed by atoms with Crippen LogP contribution in [0.25, 0.3) is 0 Å². The molecule has 0 fully saturated rings. The smallest absolute Gasteiger partial charge is 0.137 e. The van der Waals surface area contributed by atoms with Gasteiger partial charge in [0.1, 0.15) is 5.82 Å². The molecule has 0 spiro atoms. The number of hydrogen-bond acceptors (Lipinski definition) is 1. The van der Waals surface area contributed by atoms with Gasteiger partial charge < -0.3 is 5.32 Å². The van der Waals surface area contributed by atoms with Gasteiger partial charge in [-0.3, -0.25) is 0 Å². The first-order chi connectivity index (χ1) is 7.17. The maximum absolute atomic E-state index is 13.0. The normalized spacial score (nSPS) is 12.5. The van der Waals surface area contributed by atoms with Crippen molar-refractivity contribution in [2.75, 3.05) is 7.05 Å². The molecule has 3 heteroatoms. The second-order valence-electron chi connectivity index (χ2n) is 3.46. The Bertz CT molecular complexity index is 338. The first kappa shape index (κ1) is 12.4. The van der Waals surface area contributed by atoms with Crippen LogP contribution in [0.1, 0.15) is 12.0 Å². The Kier molecular flexibility index (Phi) is 4.99. The third kappa shape index (κ3) is 3.76. The van der Waals surface area contributed by atoms with Crippen molar-refractivity contribution in [1.29, 1.82) is 0 Å². The zero-order chi connectivity index (χ0) is 11.3. The Morgan fingerprint density at radius 3 is 2.87 bits per heavy atom. The van der Waals surface area contributed by atoms with Gasteiger partial charge in [0, 0.05) is 6.04 Å². The zero-order valence-corrected chi connectivity index (χ0v) is 10.3. The van der Waals surface area contributed by atoms with Crippen LogP contribution in [0.4, 0.5) is 4.39 Å². The van der Waals surface area contributed by atoms with Crippen molar-refractivity contribution in [3.63, 3.8) is 0 Å². The zero-order valence-electron chi connectivity index (χ0n) is 8.76. The molecule has 15 heavy (non-hydrogen) atoms. The van der Waals surface area contributed by atoms with E-state index in [0.717, 1.165) is 18.4 Å². The van der Waals surface area contributed by atoms with Crippen molar-refractivity contribution in [1.82, 2.24) is 5.32 Å². The van der Waals surface area contributed by atoms with Gasteiger partial charge in [-0.1, -0.05) is 12.1 Å². The molecule has 1 atom stereocenters. The number of benzene rings is 1. The molecule has 1 rings (SSSR count). The fourth-order valence-corrected chi connectivity index (χ4v) is 1.88. The van der Waals surface area contributed by atoms with Gasteiger partial charge in [0.25, 0.3) is 0 Å². The van der Waals surface area contributed by atoms with Gasteiger partial charge in [-0.05, 0) is 53.5 Å². The van der Waals surface area contributed by atoms with Crippen LogP contribution in [-0.2, 0) is 6.42 Å². The summed E-state index contributed by atoms with van der Waals surface area (Å²) in [6.07, 6.45) is 3.67. The SMILES string of the molecule is C=CCC(Cc1ccc(F)c(Br)c1)NC. The topological polar surface area (TPSA) is 12.0 Å². The maximum Gasteiger partial charge on any atom is 0.137 e. The van der Waals surface area contributed by atoms with Crippen LogP contribution < -0.4 is 5.32 Å². The third-order valence-corrected chi connectivity index (χ3v) is 2.93. The van der Waals surface area contributed by atoms with Gasteiger partial charge >= 0.3 is 0 Å². The molecular formula is C12H15BrFN. The minimum atomic E-state index is -0.219. The van der Waals surface area contributed by atoms with Gasteiger partial charge in [-0.15, -0.1) is 6.58 Å². The second kappa shape index (κ2) is 6.03. The number of rotatable bonds is 5. The summed E-state index contributed by atoms with van der Waals surface area (Å²) in [7, 11) is 1.92. The third-order valence-electron chi connectivity index (χ3n) is 2.33. The number of likely N-dealkylation sites (N-methyl/N-ethyl adjacent to an activating group) is 1. The van der Waals surface area contributed by atoms with E-state index in [2.05, 4.69) is 27.8 Å². The van der Waals surface area contributed by atoms with E-state index in [-0.39, 0.29) is 5.82 Å². The van der Waals surface area contributed by atoms with E-state index >= 15 is 0 Å². The van der Waals surface area contributed by atoms with Gasteiger partial charge in [-0.2, -0.15) is 0 Å². The molecular weight excluding hydrogens is 257 g/mol. The fraction of sp³-hybridized carbons (Fsp3) is 0.333. The van der Waals surface area contributed by atoms with Gasteiger partial charge in [0.15, 0.2) is 0 Å². The minimum absolute atomic E-state index is 0.219. The van der Waals surface area contributed by atoms with Crippen LogP contribution in [0.15, 0.2) is 35.3 Å². The lowest BCUT2D eigenvalue weighted by atomic mass is 10.0. The molecule has 1 aromatic carbocycles. The van der Waals surface area contributed by atoms with Crippen molar-refractivity contribution in [2.24, 2.45) is 0 Å². The molecule has 1 unspecified atom stereocenters. The van der Waals surface area contributed by atoms with E-state index < -0.39 is 0 Å². The molecule has 1 aromatic rings. The quantitative estimate of drug-likeness (QED) is 0.811. The van der Waals surface area contributed by atoms with Gasteiger partial charge in [-0.25, -0.2) is 4.39 Å². The van der Waals surface area contributed by atoms with Crippen molar-refractivity contribution in [3.05, 3.63) is 46.7 Å². The van der Waals surface area contributed by atoms with E-state index in [1.165, 1.54) is 6.07 Å². The standard InChI is InChI=1S/C12H15BrFN/c1-3-4-10(15-2)7-9-5-6-12(14)11(13)8-9/h3,5-6,8,10,15H,1,4,7H2,2H3.